The topological polar surface area (TPSA) is 102 Å². The lowest BCUT2D eigenvalue weighted by Gasteiger charge is -2.68. The summed E-state index contributed by atoms with van der Waals surface area (Å²) >= 11 is 2.21. The van der Waals surface area contributed by atoms with Gasteiger partial charge in [-0.05, 0) is 84.2 Å². The van der Waals surface area contributed by atoms with E-state index in [1.165, 1.54) is 0 Å². The number of hydrogen-bond donors (Lipinski definition) is 3. The molecule has 2 saturated carbocycles. The first kappa shape index (κ1) is 22.3. The molecule has 1 unspecified atom stereocenters. The number of piperidine rings is 1. The molecule has 3 aliphatic carbocycles. The fourth-order valence-electron chi connectivity index (χ4n) is 7.76. The maximum Gasteiger partial charge on any atom is 0.251 e. The highest BCUT2D eigenvalue weighted by atomic mass is 127. The Kier molecular flexibility index (Phi) is 4.68. The van der Waals surface area contributed by atoms with Crippen molar-refractivity contribution in [3.63, 3.8) is 0 Å². The summed E-state index contributed by atoms with van der Waals surface area (Å²) in [6, 6.07) is 10.2. The molecule has 3 N–H and O–H groups in total. The van der Waals surface area contributed by atoms with E-state index in [-0.39, 0.29) is 22.3 Å². The molecule has 2 bridgehead atoms. The van der Waals surface area contributed by atoms with Crippen LogP contribution in [0.4, 0.5) is 0 Å². The molecule has 1 amide bonds. The smallest absolute Gasteiger partial charge is 0.251 e. The number of nitrogens with zero attached hydrogens (tertiary/aromatic N) is 1. The average molecular weight is 588 g/mol. The van der Waals surface area contributed by atoms with Crippen molar-refractivity contribution in [3.05, 3.63) is 61.9 Å². The van der Waals surface area contributed by atoms with Gasteiger partial charge in [0.2, 0.25) is 0 Å². The molecule has 3 fully saturated rings. The Hall–Kier alpha value is -1.88. The van der Waals surface area contributed by atoms with Crippen molar-refractivity contribution in [2.24, 2.45) is 5.92 Å². The number of carbonyl (C=O) groups is 1. The first-order valence-corrected chi connectivity index (χ1v) is 13.7. The molecule has 8 heteroatoms. The first-order valence-electron chi connectivity index (χ1n) is 12.6. The Morgan fingerprint density at radius 3 is 2.69 bits per heavy atom. The van der Waals surface area contributed by atoms with Crippen LogP contribution in [0.1, 0.15) is 53.6 Å². The highest BCUT2D eigenvalue weighted by molar-refractivity contribution is 14.1. The van der Waals surface area contributed by atoms with Gasteiger partial charge in [0.15, 0.2) is 11.5 Å². The lowest BCUT2D eigenvalue weighted by Crippen LogP contribution is -2.81. The number of hydrogen-bond acceptors (Lipinski definition) is 5. The Balaban J connectivity index is 1.31. The van der Waals surface area contributed by atoms with Crippen LogP contribution in [0.5, 0.6) is 11.5 Å². The van der Waals surface area contributed by atoms with E-state index in [2.05, 4.69) is 27.9 Å². The van der Waals surface area contributed by atoms with Crippen molar-refractivity contribution in [3.8, 4) is 11.5 Å². The van der Waals surface area contributed by atoms with Gasteiger partial charge in [-0.25, -0.2) is 0 Å². The molecule has 1 saturated heterocycles. The van der Waals surface area contributed by atoms with E-state index in [0.29, 0.717) is 56.0 Å². The van der Waals surface area contributed by atoms with E-state index < -0.39 is 23.2 Å². The largest absolute Gasteiger partial charge is 0.632 e. The second-order valence-corrected chi connectivity index (χ2v) is 12.5. The van der Waals surface area contributed by atoms with Gasteiger partial charge in [0.1, 0.15) is 17.7 Å². The van der Waals surface area contributed by atoms with Crippen molar-refractivity contribution in [1.29, 1.82) is 0 Å². The molecule has 35 heavy (non-hydrogen) atoms. The molecule has 2 aromatic rings. The normalized spacial score (nSPS) is 38.4. The summed E-state index contributed by atoms with van der Waals surface area (Å²) < 4.78 is 7.18. The van der Waals surface area contributed by atoms with Crippen LogP contribution < -0.4 is 10.1 Å². The molecular formula is C27H29IN2O5. The molecule has 2 aromatic carbocycles. The molecule has 1 spiro atoms. The number of likely N-dealkylation sites (tertiary alicyclic amines) is 1. The number of amides is 1. The van der Waals surface area contributed by atoms with Crippen LogP contribution in [0, 0.1) is 14.7 Å². The summed E-state index contributed by atoms with van der Waals surface area (Å²) in [6.45, 7) is 0.998. The molecule has 2 aliphatic heterocycles. The Bertz CT molecular complexity index is 1230. The minimum atomic E-state index is -1.23. The third kappa shape index (κ3) is 2.97. The van der Waals surface area contributed by atoms with Gasteiger partial charge in [-0.3, -0.25) is 4.79 Å². The van der Waals surface area contributed by atoms with E-state index in [4.69, 9.17) is 4.74 Å². The van der Waals surface area contributed by atoms with E-state index >= 15 is 0 Å². The van der Waals surface area contributed by atoms with Crippen LogP contribution in [-0.2, 0) is 11.8 Å². The van der Waals surface area contributed by atoms with Crippen LogP contribution in [0.2, 0.25) is 0 Å². The number of phenolic OH excluding ortho intramolecular Hbond substituents is 1. The summed E-state index contributed by atoms with van der Waals surface area (Å²) in [7, 11) is 0. The standard InChI is InChI=1S/C27H29IN2O5/c28-18-6-3-16(4-7-18)25(32)29-19-9-10-27(33)21-13-17-5-8-20(31)23-22(17)26(27,24(19)35-23)11-12-30(21,34)14-15-1-2-15/h3-8,15,19,21,24,31,33H,1-2,9-14H2,(H,29,32)/t19-,21-,24+,26+,27-,30?/m1/s1. The summed E-state index contributed by atoms with van der Waals surface area (Å²) in [6.07, 6.45) is 3.60. The van der Waals surface area contributed by atoms with Crippen LogP contribution >= 0.6 is 22.6 Å². The highest BCUT2D eigenvalue weighted by Crippen LogP contribution is 2.66. The molecule has 6 atom stereocenters. The number of nitrogens with one attached hydrogen (secondary N) is 1. The second kappa shape index (κ2) is 7.34. The highest BCUT2D eigenvalue weighted by Gasteiger charge is 2.76. The summed E-state index contributed by atoms with van der Waals surface area (Å²) in [4.78, 5) is 13.2. The van der Waals surface area contributed by atoms with Gasteiger partial charge in [0.25, 0.3) is 5.91 Å². The molecule has 5 aliphatic rings. The molecule has 0 aromatic heterocycles. The number of quaternary nitrogens is 1. The zero-order valence-electron chi connectivity index (χ0n) is 19.4. The van der Waals surface area contributed by atoms with Gasteiger partial charge in [0, 0.05) is 33.5 Å². The fraction of sp³-hybridized carbons (Fsp3) is 0.519. The maximum atomic E-state index is 14.3. The third-order valence-corrected chi connectivity index (χ3v) is 10.2. The number of phenols is 1. The summed E-state index contributed by atoms with van der Waals surface area (Å²) in [5.74, 6) is 0.764. The van der Waals surface area contributed by atoms with Crippen molar-refractivity contribution in [1.82, 2.24) is 5.32 Å². The van der Waals surface area contributed by atoms with E-state index in [0.717, 1.165) is 27.5 Å². The zero-order valence-corrected chi connectivity index (χ0v) is 21.5. The summed E-state index contributed by atoms with van der Waals surface area (Å²) in [5, 5.41) is 40.7. The number of ether oxygens (including phenoxy) is 1. The number of benzene rings is 2. The lowest BCUT2D eigenvalue weighted by molar-refractivity contribution is -0.924. The number of halogens is 1. The van der Waals surface area contributed by atoms with Gasteiger partial charge in [-0.1, -0.05) is 6.07 Å². The predicted molar refractivity (Wildman–Crippen MR) is 137 cm³/mol. The van der Waals surface area contributed by atoms with Crippen molar-refractivity contribution in [2.45, 2.75) is 67.7 Å². The molecule has 7 rings (SSSR count). The van der Waals surface area contributed by atoms with Crippen molar-refractivity contribution >= 4 is 28.5 Å². The van der Waals surface area contributed by atoms with Gasteiger partial charge < -0.3 is 30.1 Å². The minimum absolute atomic E-state index is 0.0578. The van der Waals surface area contributed by atoms with Gasteiger partial charge in [-0.15, -0.1) is 0 Å². The molecular weight excluding hydrogens is 559 g/mol. The second-order valence-electron chi connectivity index (χ2n) is 11.3. The number of carbonyl (C=O) groups excluding carboxylic acids is 1. The van der Waals surface area contributed by atoms with Crippen molar-refractivity contribution in [2.75, 3.05) is 13.1 Å². The molecule has 0 radical (unpaired) electrons. The lowest BCUT2D eigenvalue weighted by atomic mass is 9.48. The van der Waals surface area contributed by atoms with Gasteiger partial charge in [-0.2, -0.15) is 0 Å². The van der Waals surface area contributed by atoms with E-state index in [1.807, 2.05) is 18.2 Å². The predicted octanol–water partition coefficient (Wildman–Crippen LogP) is 3.37. The maximum absolute atomic E-state index is 14.3. The average Bonchev–Trinajstić information content (AvgIpc) is 3.56. The third-order valence-electron chi connectivity index (χ3n) is 9.48. The van der Waals surface area contributed by atoms with E-state index in [1.54, 1.807) is 18.2 Å². The van der Waals surface area contributed by atoms with Crippen molar-refractivity contribution < 1.29 is 24.4 Å². The number of aromatic hydroxyl groups is 1. The van der Waals surface area contributed by atoms with Crippen LogP contribution in [0.3, 0.4) is 0 Å². The Morgan fingerprint density at radius 2 is 1.94 bits per heavy atom. The van der Waals surface area contributed by atoms with Crippen LogP contribution in [0.25, 0.3) is 0 Å². The number of rotatable bonds is 4. The van der Waals surface area contributed by atoms with Gasteiger partial charge >= 0.3 is 0 Å². The Morgan fingerprint density at radius 1 is 1.17 bits per heavy atom. The molecule has 7 nitrogen and oxygen atoms in total. The van der Waals surface area contributed by atoms with Gasteiger partial charge in [0.05, 0.1) is 24.5 Å². The monoisotopic (exact) mass is 588 g/mol. The van der Waals surface area contributed by atoms with Crippen LogP contribution in [-0.4, -0.2) is 57.6 Å². The molecule has 2 heterocycles. The summed E-state index contributed by atoms with van der Waals surface area (Å²) in [5.41, 5.74) is 0.396. The quantitative estimate of drug-likeness (QED) is 0.289. The Labute approximate surface area is 217 Å². The van der Waals surface area contributed by atoms with Crippen LogP contribution in [0.15, 0.2) is 36.4 Å². The SMILES string of the molecule is O=C(N[C@@H]1CC[C@@]2(O)[C@H]3Cc4ccc(O)c5c4[C@@]2(CC[N+]3([O-])CC2CC2)[C@H]1O5)c1ccc(I)cc1. The first-order chi connectivity index (χ1) is 16.7. The molecule has 184 valence electrons. The fourth-order valence-corrected chi connectivity index (χ4v) is 8.12. The minimum Gasteiger partial charge on any atom is -0.632 e. The number of hydroxylamine groups is 3. The zero-order chi connectivity index (χ0) is 24.2. The number of aliphatic hydroxyl groups is 1. The van der Waals surface area contributed by atoms with E-state index in [9.17, 15) is 20.2 Å².